The summed E-state index contributed by atoms with van der Waals surface area (Å²) in [4.78, 5) is 0. The first-order valence-corrected chi connectivity index (χ1v) is 4.78. The molecule has 0 unspecified atom stereocenters. The van der Waals surface area contributed by atoms with Crippen molar-refractivity contribution in [2.45, 2.75) is 0 Å². The van der Waals surface area contributed by atoms with E-state index in [4.69, 9.17) is 5.11 Å². The van der Waals surface area contributed by atoms with Crippen LogP contribution in [0, 0.1) is 6.07 Å². The molecule has 0 saturated heterocycles. The van der Waals surface area contributed by atoms with E-state index >= 15 is 0 Å². The molecule has 2 rings (SSSR count). The molecular weight excluding hydrogens is 184 g/mol. The number of hydrogen-bond acceptors (Lipinski definition) is 1. The van der Waals surface area contributed by atoms with Crippen LogP contribution in [0.15, 0.2) is 48.5 Å². The molecule has 0 aliphatic carbocycles. The van der Waals surface area contributed by atoms with Crippen LogP contribution in [0.5, 0.6) is 5.75 Å². The highest BCUT2D eigenvalue weighted by molar-refractivity contribution is 5.69. The Bertz CT molecular complexity index is 441. The van der Waals surface area contributed by atoms with Crippen molar-refractivity contribution in [2.24, 2.45) is 0 Å². The van der Waals surface area contributed by atoms with Gasteiger partial charge >= 0.3 is 0 Å². The Kier molecular flexibility index (Phi) is 2.84. The lowest BCUT2D eigenvalue weighted by Gasteiger charge is -1.94. The van der Waals surface area contributed by atoms with Gasteiger partial charge in [0.05, 0.1) is 0 Å². The minimum Gasteiger partial charge on any atom is -0.507 e. The highest BCUT2D eigenvalue weighted by Crippen LogP contribution is 2.11. The number of benzene rings is 2. The van der Waals surface area contributed by atoms with Crippen molar-refractivity contribution in [2.75, 3.05) is 0 Å². The topological polar surface area (TPSA) is 20.2 Å². The van der Waals surface area contributed by atoms with Gasteiger partial charge in [-0.3, -0.25) is 0 Å². The van der Waals surface area contributed by atoms with E-state index in [2.05, 4.69) is 6.07 Å². The average molecular weight is 195 g/mol. The van der Waals surface area contributed by atoms with Crippen LogP contribution < -0.4 is 0 Å². The molecule has 2 aromatic carbocycles. The Morgan fingerprint density at radius 1 is 0.867 bits per heavy atom. The first kappa shape index (κ1) is 9.53. The number of aromatic hydroxyl groups is 1. The summed E-state index contributed by atoms with van der Waals surface area (Å²) in [6, 6.07) is 18.1. The first-order valence-electron chi connectivity index (χ1n) is 4.78. The van der Waals surface area contributed by atoms with Crippen molar-refractivity contribution in [1.29, 1.82) is 0 Å². The largest absolute Gasteiger partial charge is 0.507 e. The van der Waals surface area contributed by atoms with Crippen LogP contribution in [-0.2, 0) is 0 Å². The van der Waals surface area contributed by atoms with Gasteiger partial charge in [0.15, 0.2) is 0 Å². The minimum atomic E-state index is 0.173. The Morgan fingerprint density at radius 3 is 2.27 bits per heavy atom. The van der Waals surface area contributed by atoms with Crippen LogP contribution in [-0.4, -0.2) is 5.11 Å². The third-order valence-corrected chi connectivity index (χ3v) is 2.09. The Balaban J connectivity index is 2.15. The van der Waals surface area contributed by atoms with Gasteiger partial charge in [-0.05, 0) is 23.3 Å². The summed E-state index contributed by atoms with van der Waals surface area (Å²) in [5, 5.41) is 9.06. The van der Waals surface area contributed by atoms with E-state index < -0.39 is 0 Å². The Hall–Kier alpha value is -2.02. The quantitative estimate of drug-likeness (QED) is 0.728. The molecule has 0 aliphatic heterocycles. The zero-order valence-corrected chi connectivity index (χ0v) is 8.22. The molecule has 0 heterocycles. The van der Waals surface area contributed by atoms with Crippen LogP contribution in [0.1, 0.15) is 11.1 Å². The van der Waals surface area contributed by atoms with E-state index in [9.17, 15) is 0 Å². The molecule has 0 amide bonds. The summed E-state index contributed by atoms with van der Waals surface area (Å²) in [7, 11) is 0. The normalized spacial score (nSPS) is 10.7. The molecule has 0 aliphatic rings. The fraction of sp³-hybridized carbons (Fsp3) is 0. The Morgan fingerprint density at radius 2 is 1.60 bits per heavy atom. The molecule has 0 aromatic heterocycles. The molecule has 0 atom stereocenters. The van der Waals surface area contributed by atoms with Crippen molar-refractivity contribution in [3.63, 3.8) is 0 Å². The molecule has 1 radical (unpaired) electrons. The molecule has 0 saturated carbocycles. The van der Waals surface area contributed by atoms with Crippen molar-refractivity contribution < 1.29 is 5.11 Å². The van der Waals surface area contributed by atoms with Crippen LogP contribution >= 0.6 is 0 Å². The fourth-order valence-corrected chi connectivity index (χ4v) is 1.29. The lowest BCUT2D eigenvalue weighted by molar-refractivity contribution is 0.474. The van der Waals surface area contributed by atoms with Crippen molar-refractivity contribution >= 4 is 12.2 Å². The first-order chi connectivity index (χ1) is 7.34. The molecule has 2 aromatic rings. The monoisotopic (exact) mass is 195 g/mol. The van der Waals surface area contributed by atoms with Gasteiger partial charge in [-0.15, -0.1) is 0 Å². The standard InChI is InChI=1S/C14H11O/c15-14-10-8-13(9-11-14)7-6-12-4-2-1-3-5-12/h1-10,15H/b7-6+. The van der Waals surface area contributed by atoms with E-state index in [0.717, 1.165) is 11.1 Å². The molecular formula is C14H11O. The van der Waals surface area contributed by atoms with Crippen molar-refractivity contribution in [1.82, 2.24) is 0 Å². The Labute approximate surface area is 89.3 Å². The predicted molar refractivity (Wildman–Crippen MR) is 62.3 cm³/mol. The highest BCUT2D eigenvalue weighted by Gasteiger charge is 1.88. The van der Waals surface area contributed by atoms with Crippen LogP contribution in [0.4, 0.5) is 0 Å². The van der Waals surface area contributed by atoms with Gasteiger partial charge in [0.2, 0.25) is 0 Å². The average Bonchev–Trinajstić information content (AvgIpc) is 2.30. The molecule has 1 heteroatoms. The fourth-order valence-electron chi connectivity index (χ4n) is 1.29. The maximum atomic E-state index is 9.06. The third kappa shape index (κ3) is 2.71. The molecule has 1 nitrogen and oxygen atoms in total. The second-order valence-corrected chi connectivity index (χ2v) is 3.25. The van der Waals surface area contributed by atoms with Gasteiger partial charge in [0.1, 0.15) is 5.75 Å². The maximum Gasteiger partial charge on any atom is 0.123 e. The number of hydrogen-bond donors (Lipinski definition) is 1. The predicted octanol–water partition coefficient (Wildman–Crippen LogP) is 3.36. The van der Waals surface area contributed by atoms with E-state index in [1.54, 1.807) is 12.1 Å². The summed E-state index contributed by atoms with van der Waals surface area (Å²) in [5.74, 6) is 0.173. The molecule has 73 valence electrons. The van der Waals surface area contributed by atoms with Crippen LogP contribution in [0.2, 0.25) is 0 Å². The van der Waals surface area contributed by atoms with Crippen LogP contribution in [0.3, 0.4) is 0 Å². The van der Waals surface area contributed by atoms with Gasteiger partial charge in [-0.1, -0.05) is 48.6 Å². The van der Waals surface area contributed by atoms with E-state index in [1.807, 2.05) is 48.6 Å². The molecule has 0 spiro atoms. The maximum absolute atomic E-state index is 9.06. The van der Waals surface area contributed by atoms with Gasteiger partial charge in [0, 0.05) is 6.07 Å². The number of rotatable bonds is 2. The van der Waals surface area contributed by atoms with E-state index in [0.29, 0.717) is 0 Å². The smallest absolute Gasteiger partial charge is 0.123 e. The molecule has 15 heavy (non-hydrogen) atoms. The summed E-state index contributed by atoms with van der Waals surface area (Å²) in [6.07, 6.45) is 4.02. The zero-order valence-electron chi connectivity index (χ0n) is 8.22. The number of phenolic OH excluding ortho intramolecular Hbond substituents is 1. The molecule has 0 fully saturated rings. The SMILES string of the molecule is Oc1[c]cc(/C=C/c2ccccc2)cc1. The minimum absolute atomic E-state index is 0.173. The molecule has 0 bridgehead atoms. The van der Waals surface area contributed by atoms with Crippen molar-refractivity contribution in [3.05, 3.63) is 65.7 Å². The van der Waals surface area contributed by atoms with Crippen LogP contribution in [0.25, 0.3) is 12.2 Å². The second-order valence-electron chi connectivity index (χ2n) is 3.25. The zero-order chi connectivity index (χ0) is 10.5. The van der Waals surface area contributed by atoms with Crippen molar-refractivity contribution in [3.8, 4) is 5.75 Å². The summed E-state index contributed by atoms with van der Waals surface area (Å²) < 4.78 is 0. The molecule has 1 N–H and O–H groups in total. The van der Waals surface area contributed by atoms with Gasteiger partial charge in [-0.25, -0.2) is 0 Å². The summed E-state index contributed by atoms with van der Waals surface area (Å²) in [6.45, 7) is 0. The second kappa shape index (κ2) is 4.47. The highest BCUT2D eigenvalue weighted by atomic mass is 16.3. The number of phenols is 1. The van der Waals surface area contributed by atoms with Gasteiger partial charge in [-0.2, -0.15) is 0 Å². The van der Waals surface area contributed by atoms with Gasteiger partial charge in [0.25, 0.3) is 0 Å². The third-order valence-electron chi connectivity index (χ3n) is 2.09. The summed E-state index contributed by atoms with van der Waals surface area (Å²) in [5.41, 5.74) is 2.18. The van der Waals surface area contributed by atoms with E-state index in [-0.39, 0.29) is 5.75 Å². The lowest BCUT2D eigenvalue weighted by Crippen LogP contribution is -1.72. The summed E-state index contributed by atoms with van der Waals surface area (Å²) >= 11 is 0. The van der Waals surface area contributed by atoms with Gasteiger partial charge < -0.3 is 5.11 Å². The van der Waals surface area contributed by atoms with E-state index in [1.165, 1.54) is 0 Å². The lowest BCUT2D eigenvalue weighted by atomic mass is 10.1.